The van der Waals surface area contributed by atoms with Crippen LogP contribution in [0, 0.1) is 11.8 Å². The van der Waals surface area contributed by atoms with E-state index in [0.29, 0.717) is 16.4 Å². The van der Waals surface area contributed by atoms with Crippen LogP contribution in [0.4, 0.5) is 0 Å². The van der Waals surface area contributed by atoms with Crippen LogP contribution in [0.1, 0.15) is 37.3 Å². The lowest BCUT2D eigenvalue weighted by Crippen LogP contribution is -2.22. The number of Topliss-reactive ketones (excluding diaryl/α,β-unsaturated/α-hetero) is 1. The molecular formula is C22H21ClO2. The van der Waals surface area contributed by atoms with Gasteiger partial charge in [0.25, 0.3) is 0 Å². The van der Waals surface area contributed by atoms with E-state index in [1.165, 1.54) is 0 Å². The van der Waals surface area contributed by atoms with Crippen molar-refractivity contribution in [2.75, 3.05) is 0 Å². The second kappa shape index (κ2) is 6.34. The number of halogens is 1. The van der Waals surface area contributed by atoms with Gasteiger partial charge in [-0.2, -0.15) is 0 Å². The molecule has 0 saturated heterocycles. The SMILES string of the molecule is CCc1ccc(-c2ccc(Cl)cc2)cc1C1=C(O)[C@H]2CC[C@H](C2)C1=O. The van der Waals surface area contributed by atoms with Crippen LogP contribution < -0.4 is 0 Å². The first kappa shape index (κ1) is 16.4. The number of benzene rings is 2. The van der Waals surface area contributed by atoms with Gasteiger partial charge in [-0.3, -0.25) is 4.79 Å². The monoisotopic (exact) mass is 352 g/mol. The van der Waals surface area contributed by atoms with Gasteiger partial charge in [0.05, 0.1) is 5.57 Å². The molecule has 4 rings (SSSR count). The van der Waals surface area contributed by atoms with Gasteiger partial charge in [0, 0.05) is 16.9 Å². The Morgan fingerprint density at radius 1 is 1.04 bits per heavy atom. The number of allylic oxidation sites excluding steroid dienone is 2. The third-order valence-electron chi connectivity index (χ3n) is 5.63. The van der Waals surface area contributed by atoms with Gasteiger partial charge in [-0.05, 0) is 66.1 Å². The van der Waals surface area contributed by atoms with Crippen molar-refractivity contribution in [3.05, 3.63) is 64.4 Å². The first-order valence-electron chi connectivity index (χ1n) is 8.95. The quantitative estimate of drug-likeness (QED) is 0.753. The minimum absolute atomic E-state index is 0.0831. The summed E-state index contributed by atoms with van der Waals surface area (Å²) in [6.07, 6.45) is 3.46. The van der Waals surface area contributed by atoms with Gasteiger partial charge in [-0.25, -0.2) is 0 Å². The molecule has 0 unspecified atom stereocenters. The zero-order valence-corrected chi connectivity index (χ0v) is 15.0. The van der Waals surface area contributed by atoms with Crippen molar-refractivity contribution in [1.82, 2.24) is 0 Å². The minimum Gasteiger partial charge on any atom is -0.511 e. The van der Waals surface area contributed by atoms with Gasteiger partial charge >= 0.3 is 0 Å². The maximum Gasteiger partial charge on any atom is 0.169 e. The molecule has 0 aliphatic heterocycles. The maximum atomic E-state index is 12.9. The summed E-state index contributed by atoms with van der Waals surface area (Å²) in [4.78, 5) is 12.9. The Hall–Kier alpha value is -2.06. The molecule has 0 heterocycles. The van der Waals surface area contributed by atoms with Gasteiger partial charge < -0.3 is 5.11 Å². The van der Waals surface area contributed by atoms with Crippen molar-refractivity contribution in [2.45, 2.75) is 32.6 Å². The van der Waals surface area contributed by atoms with Crippen molar-refractivity contribution in [2.24, 2.45) is 11.8 Å². The zero-order valence-electron chi connectivity index (χ0n) is 14.3. The molecule has 2 aromatic carbocycles. The average molecular weight is 353 g/mol. The number of rotatable bonds is 3. The fourth-order valence-electron chi connectivity index (χ4n) is 4.21. The summed E-state index contributed by atoms with van der Waals surface area (Å²) in [6.45, 7) is 2.08. The maximum absolute atomic E-state index is 12.9. The van der Waals surface area contributed by atoms with Crippen LogP contribution in [-0.2, 0) is 11.2 Å². The average Bonchev–Trinajstić information content (AvgIpc) is 3.08. The largest absolute Gasteiger partial charge is 0.511 e. The Morgan fingerprint density at radius 2 is 1.72 bits per heavy atom. The highest BCUT2D eigenvalue weighted by atomic mass is 35.5. The Labute approximate surface area is 153 Å². The van der Waals surface area contributed by atoms with E-state index in [4.69, 9.17) is 11.6 Å². The van der Waals surface area contributed by atoms with E-state index < -0.39 is 0 Å². The predicted molar refractivity (Wildman–Crippen MR) is 102 cm³/mol. The van der Waals surface area contributed by atoms with E-state index in [9.17, 15) is 9.90 Å². The number of carbonyl (C=O) groups excluding carboxylic acids is 1. The standard InChI is InChI=1S/C22H21ClO2/c1-2-13-3-4-15(14-7-9-18(23)10-8-14)12-19(13)20-21(24)16-5-6-17(11-16)22(20)25/h3-4,7-10,12,16-17,24H,2,5-6,11H2,1H3/t16-,17+/m0/s1. The molecule has 2 aliphatic carbocycles. The Bertz CT molecular complexity index is 864. The van der Waals surface area contributed by atoms with Gasteiger partial charge in [-0.1, -0.05) is 42.8 Å². The van der Waals surface area contributed by atoms with Gasteiger partial charge in [0.1, 0.15) is 5.76 Å². The molecule has 25 heavy (non-hydrogen) atoms. The van der Waals surface area contributed by atoms with Crippen molar-refractivity contribution in [3.8, 4) is 11.1 Å². The van der Waals surface area contributed by atoms with Crippen LogP contribution >= 0.6 is 11.6 Å². The summed E-state index contributed by atoms with van der Waals surface area (Å²) in [5.74, 6) is 0.664. The molecule has 0 radical (unpaired) electrons. The van der Waals surface area contributed by atoms with Crippen molar-refractivity contribution >= 4 is 23.0 Å². The normalized spacial score (nSPS) is 22.6. The number of hydrogen-bond acceptors (Lipinski definition) is 2. The fraction of sp³-hybridized carbons (Fsp3) is 0.318. The molecule has 2 bridgehead atoms. The third kappa shape index (κ3) is 2.79. The number of ketones is 1. The van der Waals surface area contributed by atoms with Crippen LogP contribution in [0.15, 0.2) is 48.2 Å². The van der Waals surface area contributed by atoms with Crippen LogP contribution in [0.3, 0.4) is 0 Å². The molecule has 1 fully saturated rings. The molecule has 1 saturated carbocycles. The number of fused-ring (bicyclic) bond motifs is 2. The Balaban J connectivity index is 1.86. The summed E-state index contributed by atoms with van der Waals surface area (Å²) >= 11 is 5.99. The zero-order chi connectivity index (χ0) is 17.6. The molecular weight excluding hydrogens is 332 g/mol. The summed E-state index contributed by atoms with van der Waals surface area (Å²) in [6, 6.07) is 13.9. The van der Waals surface area contributed by atoms with Crippen molar-refractivity contribution in [1.29, 1.82) is 0 Å². The van der Waals surface area contributed by atoms with Crippen LogP contribution in [0.2, 0.25) is 5.02 Å². The molecule has 0 aromatic heterocycles. The third-order valence-corrected chi connectivity index (χ3v) is 5.88. The predicted octanol–water partition coefficient (Wildman–Crippen LogP) is 5.84. The van der Waals surface area contributed by atoms with Crippen LogP contribution in [0.5, 0.6) is 0 Å². The number of aliphatic hydroxyl groups is 1. The topological polar surface area (TPSA) is 37.3 Å². The molecule has 128 valence electrons. The van der Waals surface area contributed by atoms with Gasteiger partial charge in [0.15, 0.2) is 5.78 Å². The second-order valence-electron chi connectivity index (χ2n) is 7.06. The highest BCUT2D eigenvalue weighted by Gasteiger charge is 2.41. The van der Waals surface area contributed by atoms with E-state index in [-0.39, 0.29) is 17.6 Å². The summed E-state index contributed by atoms with van der Waals surface area (Å²) in [7, 11) is 0. The molecule has 1 N–H and O–H groups in total. The molecule has 0 spiro atoms. The highest BCUT2D eigenvalue weighted by molar-refractivity contribution is 6.30. The molecule has 2 aliphatic rings. The molecule has 0 amide bonds. The highest BCUT2D eigenvalue weighted by Crippen LogP contribution is 2.46. The number of hydrogen-bond donors (Lipinski definition) is 1. The molecule has 2 aromatic rings. The lowest BCUT2D eigenvalue weighted by molar-refractivity contribution is -0.117. The van der Waals surface area contributed by atoms with Crippen LogP contribution in [-0.4, -0.2) is 10.9 Å². The van der Waals surface area contributed by atoms with E-state index in [0.717, 1.165) is 47.9 Å². The molecule has 3 heteroatoms. The first-order valence-corrected chi connectivity index (χ1v) is 9.33. The van der Waals surface area contributed by atoms with E-state index in [1.807, 2.05) is 24.3 Å². The lowest BCUT2D eigenvalue weighted by atomic mass is 9.81. The van der Waals surface area contributed by atoms with Gasteiger partial charge in [-0.15, -0.1) is 0 Å². The summed E-state index contributed by atoms with van der Waals surface area (Å²) in [5, 5.41) is 11.4. The van der Waals surface area contributed by atoms with Gasteiger partial charge in [0.2, 0.25) is 0 Å². The first-order chi connectivity index (χ1) is 12.1. The van der Waals surface area contributed by atoms with E-state index in [1.54, 1.807) is 0 Å². The summed E-state index contributed by atoms with van der Waals surface area (Å²) < 4.78 is 0. The molecule has 2 atom stereocenters. The Kier molecular flexibility index (Phi) is 4.16. The van der Waals surface area contributed by atoms with E-state index in [2.05, 4.69) is 25.1 Å². The Morgan fingerprint density at radius 3 is 2.44 bits per heavy atom. The second-order valence-corrected chi connectivity index (χ2v) is 7.50. The molecule has 2 nitrogen and oxygen atoms in total. The van der Waals surface area contributed by atoms with Crippen molar-refractivity contribution in [3.63, 3.8) is 0 Å². The summed E-state index contributed by atoms with van der Waals surface area (Å²) in [5.41, 5.74) is 4.66. The number of carbonyl (C=O) groups is 1. The fourth-order valence-corrected chi connectivity index (χ4v) is 4.34. The van der Waals surface area contributed by atoms with Crippen LogP contribution in [0.25, 0.3) is 16.7 Å². The van der Waals surface area contributed by atoms with E-state index >= 15 is 0 Å². The lowest BCUT2D eigenvalue weighted by Gasteiger charge is -2.23. The minimum atomic E-state index is 0.0831. The number of aliphatic hydroxyl groups excluding tert-OH is 1. The van der Waals surface area contributed by atoms with Crippen molar-refractivity contribution < 1.29 is 9.90 Å². The number of aryl methyl sites for hydroxylation is 1. The smallest absolute Gasteiger partial charge is 0.169 e.